The van der Waals surface area contributed by atoms with Crippen LogP contribution in [0.15, 0.2) is 67.0 Å². The van der Waals surface area contributed by atoms with Crippen LogP contribution < -0.4 is 10.6 Å². The van der Waals surface area contributed by atoms with Gasteiger partial charge >= 0.3 is 0 Å². The van der Waals surface area contributed by atoms with E-state index in [1.165, 1.54) is 31.5 Å². The molecule has 0 saturated carbocycles. The molecule has 6 rings (SSSR count). The number of aromatic amines is 1. The average molecular weight is 535 g/mol. The molecule has 0 spiro atoms. The van der Waals surface area contributed by atoms with Gasteiger partial charge < -0.3 is 20.5 Å². The molecule has 0 aliphatic carbocycles. The van der Waals surface area contributed by atoms with Crippen LogP contribution in [0.4, 0.5) is 11.4 Å². The van der Waals surface area contributed by atoms with Crippen molar-refractivity contribution < 1.29 is 4.79 Å². The maximum absolute atomic E-state index is 12.6. The van der Waals surface area contributed by atoms with E-state index >= 15 is 0 Å². The molecule has 0 bridgehead atoms. The average Bonchev–Trinajstić information content (AvgIpc) is 3.63. The predicted molar refractivity (Wildman–Crippen MR) is 160 cm³/mol. The molecule has 1 aliphatic heterocycles. The number of nitrogens with one attached hydrogen (secondary N) is 3. The second-order valence-electron chi connectivity index (χ2n) is 10.6. The summed E-state index contributed by atoms with van der Waals surface area (Å²) in [5.74, 6) is 0.0906. The summed E-state index contributed by atoms with van der Waals surface area (Å²) in [5, 5.41) is 7.45. The van der Waals surface area contributed by atoms with Gasteiger partial charge in [0.05, 0.1) is 27.9 Å². The molecule has 0 radical (unpaired) electrons. The number of carbonyl (C=O) groups is 1. The molecular formula is C31H34N8O. The smallest absolute Gasteiger partial charge is 0.287 e. The summed E-state index contributed by atoms with van der Waals surface area (Å²) in [7, 11) is 3.94. The maximum Gasteiger partial charge on any atom is 0.287 e. The van der Waals surface area contributed by atoms with Crippen molar-refractivity contribution in [3.8, 4) is 11.3 Å². The normalized spacial score (nSPS) is 13.9. The number of nitrogens with zero attached hydrogens (tertiary/aromatic N) is 5. The number of benzene rings is 2. The van der Waals surface area contributed by atoms with E-state index in [0.717, 1.165) is 57.7 Å². The number of pyridine rings is 2. The van der Waals surface area contributed by atoms with E-state index in [9.17, 15) is 4.79 Å². The third-order valence-corrected chi connectivity index (χ3v) is 7.29. The molecule has 0 unspecified atom stereocenters. The van der Waals surface area contributed by atoms with Gasteiger partial charge in [-0.3, -0.25) is 14.7 Å². The Kier molecular flexibility index (Phi) is 7.39. The molecule has 1 aliphatic rings. The fourth-order valence-corrected chi connectivity index (χ4v) is 5.12. The third-order valence-electron chi connectivity index (χ3n) is 7.29. The summed E-state index contributed by atoms with van der Waals surface area (Å²) in [4.78, 5) is 34.0. The quantitative estimate of drug-likeness (QED) is 0.250. The molecule has 1 fully saturated rings. The zero-order valence-electron chi connectivity index (χ0n) is 22.9. The number of rotatable bonds is 9. The van der Waals surface area contributed by atoms with Gasteiger partial charge in [-0.05, 0) is 82.0 Å². The van der Waals surface area contributed by atoms with Crippen LogP contribution in [0, 0.1) is 0 Å². The summed E-state index contributed by atoms with van der Waals surface area (Å²) >= 11 is 0. The third kappa shape index (κ3) is 5.80. The molecule has 3 aromatic heterocycles. The van der Waals surface area contributed by atoms with Crippen LogP contribution >= 0.6 is 0 Å². The maximum atomic E-state index is 12.6. The number of fused-ring (bicyclic) bond motifs is 2. The van der Waals surface area contributed by atoms with E-state index in [2.05, 4.69) is 54.8 Å². The minimum absolute atomic E-state index is 0.214. The van der Waals surface area contributed by atoms with Crippen molar-refractivity contribution in [2.24, 2.45) is 0 Å². The first-order valence-corrected chi connectivity index (χ1v) is 13.8. The minimum atomic E-state index is -0.214. The minimum Gasteiger partial charge on any atom is -0.355 e. The topological polar surface area (TPSA) is 102 Å². The van der Waals surface area contributed by atoms with Crippen molar-refractivity contribution in [3.05, 3.63) is 78.4 Å². The summed E-state index contributed by atoms with van der Waals surface area (Å²) in [6.45, 7) is 4.70. The first-order chi connectivity index (χ1) is 19.5. The molecule has 4 heterocycles. The van der Waals surface area contributed by atoms with Gasteiger partial charge in [-0.1, -0.05) is 18.2 Å². The Bertz CT molecular complexity index is 1640. The number of anilines is 2. The number of likely N-dealkylation sites (tertiary alicyclic amines) is 1. The molecule has 2 aromatic carbocycles. The highest BCUT2D eigenvalue weighted by Crippen LogP contribution is 2.31. The molecule has 9 nitrogen and oxygen atoms in total. The Labute approximate surface area is 233 Å². The molecule has 5 aromatic rings. The fraction of sp³-hybridized carbons (Fsp3) is 0.290. The lowest BCUT2D eigenvalue weighted by Gasteiger charge is -2.15. The first kappa shape index (κ1) is 25.9. The first-order valence-electron chi connectivity index (χ1n) is 13.8. The molecule has 0 atom stereocenters. The number of likely N-dealkylation sites (N-methyl/N-ethyl adjacent to an activating group) is 1. The number of hydrogen-bond acceptors (Lipinski definition) is 7. The number of imidazole rings is 1. The molecular weight excluding hydrogens is 500 g/mol. The molecule has 1 amide bonds. The van der Waals surface area contributed by atoms with Gasteiger partial charge in [-0.15, -0.1) is 0 Å². The lowest BCUT2D eigenvalue weighted by Crippen LogP contribution is -2.31. The Morgan fingerprint density at radius 3 is 2.62 bits per heavy atom. The summed E-state index contributed by atoms with van der Waals surface area (Å²) in [6, 6.07) is 18.5. The summed E-state index contributed by atoms with van der Waals surface area (Å²) < 4.78 is 0. The zero-order chi connectivity index (χ0) is 27.5. The van der Waals surface area contributed by atoms with E-state index in [1.54, 1.807) is 6.20 Å². The Morgan fingerprint density at radius 1 is 1.00 bits per heavy atom. The predicted octanol–water partition coefficient (Wildman–Crippen LogP) is 4.80. The standard InChI is InChI=1S/C31H34N8O/c1-38(2)16-13-33-31(40)30-36-26-10-7-22(17-29(26)37-30)27-18-28(24-19-32-12-11-25(24)35-27)34-23-8-5-21(6-9-23)20-39-14-3-4-15-39/h5-12,17-19H,3-4,13-16,20H2,1-2H3,(H,33,40)(H,34,35)(H,36,37). The van der Waals surface area contributed by atoms with Gasteiger partial charge in [0.15, 0.2) is 5.82 Å². The summed E-state index contributed by atoms with van der Waals surface area (Å²) in [6.07, 6.45) is 6.19. The van der Waals surface area contributed by atoms with Crippen molar-refractivity contribution in [3.63, 3.8) is 0 Å². The molecule has 3 N–H and O–H groups in total. The second kappa shape index (κ2) is 11.4. The lowest BCUT2D eigenvalue weighted by molar-refractivity contribution is 0.0942. The van der Waals surface area contributed by atoms with Gasteiger partial charge in [0, 0.05) is 48.7 Å². The Balaban J connectivity index is 1.26. The number of carbonyl (C=O) groups excluding carboxylic acids is 1. The SMILES string of the molecule is CN(C)CCNC(=O)c1nc2cc(-c3cc(Nc4ccc(CN5CCCC5)cc4)c4cnccc4n3)ccc2[nH]1. The largest absolute Gasteiger partial charge is 0.355 e. The molecule has 40 heavy (non-hydrogen) atoms. The molecule has 1 saturated heterocycles. The molecule has 9 heteroatoms. The van der Waals surface area contributed by atoms with Crippen molar-refractivity contribution >= 4 is 39.2 Å². The van der Waals surface area contributed by atoms with E-state index in [4.69, 9.17) is 4.98 Å². The Morgan fingerprint density at radius 2 is 1.82 bits per heavy atom. The van der Waals surface area contributed by atoms with Crippen LogP contribution in [-0.4, -0.2) is 75.9 Å². The van der Waals surface area contributed by atoms with Crippen LogP contribution in [0.3, 0.4) is 0 Å². The van der Waals surface area contributed by atoms with Gasteiger partial charge in [0.1, 0.15) is 0 Å². The number of H-pyrrole nitrogens is 1. The van der Waals surface area contributed by atoms with Crippen LogP contribution in [0.2, 0.25) is 0 Å². The van der Waals surface area contributed by atoms with Crippen LogP contribution in [0.25, 0.3) is 33.2 Å². The van der Waals surface area contributed by atoms with Crippen molar-refractivity contribution in [1.29, 1.82) is 0 Å². The zero-order valence-corrected chi connectivity index (χ0v) is 22.9. The highest BCUT2D eigenvalue weighted by atomic mass is 16.2. The van der Waals surface area contributed by atoms with E-state index < -0.39 is 0 Å². The van der Waals surface area contributed by atoms with E-state index in [-0.39, 0.29) is 5.91 Å². The number of aromatic nitrogens is 4. The van der Waals surface area contributed by atoms with Gasteiger partial charge in [-0.25, -0.2) is 9.97 Å². The van der Waals surface area contributed by atoms with Crippen molar-refractivity contribution in [2.75, 3.05) is 45.6 Å². The van der Waals surface area contributed by atoms with Gasteiger partial charge in [-0.2, -0.15) is 0 Å². The molecule has 204 valence electrons. The number of amides is 1. The second-order valence-corrected chi connectivity index (χ2v) is 10.6. The van der Waals surface area contributed by atoms with Crippen LogP contribution in [0.5, 0.6) is 0 Å². The number of hydrogen-bond donors (Lipinski definition) is 3. The van der Waals surface area contributed by atoms with E-state index in [1.807, 2.05) is 55.5 Å². The van der Waals surface area contributed by atoms with Crippen LogP contribution in [-0.2, 0) is 6.54 Å². The Hall–Kier alpha value is -4.34. The highest BCUT2D eigenvalue weighted by Gasteiger charge is 2.15. The highest BCUT2D eigenvalue weighted by molar-refractivity contribution is 5.97. The van der Waals surface area contributed by atoms with Gasteiger partial charge in [0.25, 0.3) is 5.91 Å². The van der Waals surface area contributed by atoms with E-state index in [0.29, 0.717) is 12.4 Å². The monoisotopic (exact) mass is 534 g/mol. The summed E-state index contributed by atoms with van der Waals surface area (Å²) in [5.41, 5.74) is 7.38. The van der Waals surface area contributed by atoms with Crippen molar-refractivity contribution in [1.82, 2.24) is 35.1 Å². The van der Waals surface area contributed by atoms with Crippen LogP contribution in [0.1, 0.15) is 29.0 Å². The lowest BCUT2D eigenvalue weighted by atomic mass is 10.1. The van der Waals surface area contributed by atoms with Gasteiger partial charge in [0.2, 0.25) is 0 Å². The van der Waals surface area contributed by atoms with Crippen molar-refractivity contribution in [2.45, 2.75) is 19.4 Å². The fourth-order valence-electron chi connectivity index (χ4n) is 5.12.